The van der Waals surface area contributed by atoms with Gasteiger partial charge in [0.2, 0.25) is 17.8 Å². The molecular weight excluding hydrogens is 346 g/mol. The fourth-order valence-corrected chi connectivity index (χ4v) is 3.51. The highest BCUT2D eigenvalue weighted by Crippen LogP contribution is 2.33. The van der Waals surface area contributed by atoms with Gasteiger partial charge < -0.3 is 10.5 Å². The zero-order valence-corrected chi connectivity index (χ0v) is 15.3. The molecule has 3 aromatic heterocycles. The van der Waals surface area contributed by atoms with E-state index in [9.17, 15) is 4.79 Å². The Labute approximate surface area is 155 Å². The van der Waals surface area contributed by atoms with Crippen molar-refractivity contribution in [1.82, 2.24) is 29.5 Å². The summed E-state index contributed by atoms with van der Waals surface area (Å²) in [5.41, 5.74) is 8.47. The molecule has 0 spiro atoms. The number of methoxy groups -OCH3 is 1. The number of carbonyl (C=O) groups excluding carboxylic acids is 1. The van der Waals surface area contributed by atoms with Crippen LogP contribution in [0.2, 0.25) is 0 Å². The van der Waals surface area contributed by atoms with E-state index in [0.717, 1.165) is 5.56 Å². The van der Waals surface area contributed by atoms with E-state index in [4.69, 9.17) is 10.5 Å². The SMILES string of the molecule is COc1nc(-n2ccnc2C2CC(=O)c3c(C)nc(N)nc3C2)ncc1C. The number of hydrogen-bond acceptors (Lipinski definition) is 8. The van der Waals surface area contributed by atoms with Crippen LogP contribution in [0.25, 0.3) is 5.95 Å². The molecule has 9 nitrogen and oxygen atoms in total. The number of aryl methyl sites for hydroxylation is 2. The Bertz CT molecular complexity index is 1040. The van der Waals surface area contributed by atoms with Crippen molar-refractivity contribution in [2.45, 2.75) is 32.6 Å². The van der Waals surface area contributed by atoms with Crippen LogP contribution in [0, 0.1) is 13.8 Å². The molecule has 3 aromatic rings. The Hall–Kier alpha value is -3.36. The van der Waals surface area contributed by atoms with Crippen LogP contribution < -0.4 is 10.5 Å². The van der Waals surface area contributed by atoms with Crippen molar-refractivity contribution in [3.05, 3.63) is 46.9 Å². The number of anilines is 1. The third-order valence-corrected chi connectivity index (χ3v) is 4.69. The van der Waals surface area contributed by atoms with Gasteiger partial charge in [0.1, 0.15) is 5.82 Å². The molecule has 0 radical (unpaired) electrons. The summed E-state index contributed by atoms with van der Waals surface area (Å²) in [7, 11) is 1.57. The second-order valence-electron chi connectivity index (χ2n) is 6.53. The molecule has 1 atom stereocenters. The zero-order chi connectivity index (χ0) is 19.1. The summed E-state index contributed by atoms with van der Waals surface area (Å²) < 4.78 is 7.07. The number of ether oxygens (including phenoxy) is 1. The minimum atomic E-state index is -0.149. The monoisotopic (exact) mass is 365 g/mol. The summed E-state index contributed by atoms with van der Waals surface area (Å²) in [6, 6.07) is 0. The van der Waals surface area contributed by atoms with E-state index in [1.807, 2.05) is 6.92 Å². The van der Waals surface area contributed by atoms with Crippen molar-refractivity contribution in [1.29, 1.82) is 0 Å². The topological polar surface area (TPSA) is 122 Å². The second kappa shape index (κ2) is 6.42. The highest BCUT2D eigenvalue weighted by atomic mass is 16.5. The Morgan fingerprint density at radius 1 is 1.19 bits per heavy atom. The van der Waals surface area contributed by atoms with Crippen LogP contribution in [-0.2, 0) is 6.42 Å². The molecule has 9 heteroatoms. The quantitative estimate of drug-likeness (QED) is 0.742. The number of Topliss-reactive ketones (excluding diaryl/α,β-unsaturated/α-hetero) is 1. The van der Waals surface area contributed by atoms with Crippen LogP contribution in [0.3, 0.4) is 0 Å². The van der Waals surface area contributed by atoms with Crippen LogP contribution in [0.4, 0.5) is 5.95 Å². The number of hydrogen-bond donors (Lipinski definition) is 1. The van der Waals surface area contributed by atoms with E-state index in [1.54, 1.807) is 37.2 Å². The number of imidazole rings is 1. The molecule has 0 bridgehead atoms. The first-order valence-electron chi connectivity index (χ1n) is 8.55. The van der Waals surface area contributed by atoms with Crippen LogP contribution in [0.15, 0.2) is 18.6 Å². The lowest BCUT2D eigenvalue weighted by molar-refractivity contribution is 0.0960. The largest absolute Gasteiger partial charge is 0.481 e. The number of nitrogens with zero attached hydrogens (tertiary/aromatic N) is 6. The van der Waals surface area contributed by atoms with E-state index in [0.29, 0.717) is 47.4 Å². The lowest BCUT2D eigenvalue weighted by Gasteiger charge is -2.24. The fourth-order valence-electron chi connectivity index (χ4n) is 3.51. The van der Waals surface area contributed by atoms with Crippen LogP contribution in [-0.4, -0.2) is 42.4 Å². The third-order valence-electron chi connectivity index (χ3n) is 4.69. The van der Waals surface area contributed by atoms with Gasteiger partial charge in [0.15, 0.2) is 5.78 Å². The average molecular weight is 365 g/mol. The maximum Gasteiger partial charge on any atom is 0.238 e. The van der Waals surface area contributed by atoms with E-state index in [2.05, 4.69) is 24.9 Å². The van der Waals surface area contributed by atoms with E-state index in [-0.39, 0.29) is 17.6 Å². The van der Waals surface area contributed by atoms with Gasteiger partial charge in [0.05, 0.1) is 24.1 Å². The summed E-state index contributed by atoms with van der Waals surface area (Å²) in [4.78, 5) is 34.4. The molecule has 0 aromatic carbocycles. The number of rotatable bonds is 3. The zero-order valence-electron chi connectivity index (χ0n) is 15.3. The van der Waals surface area contributed by atoms with Gasteiger partial charge in [-0.2, -0.15) is 4.98 Å². The van der Waals surface area contributed by atoms with E-state index >= 15 is 0 Å². The molecule has 3 heterocycles. The predicted molar refractivity (Wildman–Crippen MR) is 97.0 cm³/mol. The maximum absolute atomic E-state index is 12.7. The van der Waals surface area contributed by atoms with Gasteiger partial charge in [-0.1, -0.05) is 0 Å². The van der Waals surface area contributed by atoms with Crippen LogP contribution >= 0.6 is 0 Å². The van der Waals surface area contributed by atoms with Crippen molar-refractivity contribution in [2.24, 2.45) is 0 Å². The molecule has 1 aliphatic rings. The molecule has 0 amide bonds. The summed E-state index contributed by atoms with van der Waals surface area (Å²) >= 11 is 0. The third kappa shape index (κ3) is 2.90. The number of fused-ring (bicyclic) bond motifs is 1. The molecule has 0 fully saturated rings. The predicted octanol–water partition coefficient (Wildman–Crippen LogP) is 1.57. The second-order valence-corrected chi connectivity index (χ2v) is 6.53. The maximum atomic E-state index is 12.7. The van der Waals surface area contributed by atoms with Crippen molar-refractivity contribution in [3.8, 4) is 11.8 Å². The van der Waals surface area contributed by atoms with Crippen molar-refractivity contribution < 1.29 is 9.53 Å². The standard InChI is InChI=1S/C18H19N7O2/c1-9-8-21-18(24-16(9)27-3)25-5-4-20-15(25)11-6-12-14(13(26)7-11)10(2)22-17(19)23-12/h4-5,8,11H,6-7H2,1-3H3,(H2,19,22,23). The number of nitrogens with two attached hydrogens (primary N) is 1. The van der Waals surface area contributed by atoms with Gasteiger partial charge in [0, 0.05) is 42.9 Å². The molecule has 2 N–H and O–H groups in total. The van der Waals surface area contributed by atoms with Crippen molar-refractivity contribution in [2.75, 3.05) is 12.8 Å². The Morgan fingerprint density at radius 2 is 2.00 bits per heavy atom. The fraction of sp³-hybridized carbons (Fsp3) is 0.333. The van der Waals surface area contributed by atoms with Gasteiger partial charge in [-0.25, -0.2) is 19.9 Å². The first kappa shape index (κ1) is 17.1. The Kier molecular flexibility index (Phi) is 4.06. The Balaban J connectivity index is 1.74. The van der Waals surface area contributed by atoms with Gasteiger partial charge in [-0.15, -0.1) is 0 Å². The molecule has 0 saturated heterocycles. The summed E-state index contributed by atoms with van der Waals surface area (Å²) in [6.45, 7) is 3.66. The minimum Gasteiger partial charge on any atom is -0.481 e. The van der Waals surface area contributed by atoms with Gasteiger partial charge in [0.25, 0.3) is 0 Å². The molecule has 4 rings (SSSR count). The molecule has 27 heavy (non-hydrogen) atoms. The Morgan fingerprint density at radius 3 is 2.78 bits per heavy atom. The van der Waals surface area contributed by atoms with Crippen LogP contribution in [0.5, 0.6) is 5.88 Å². The summed E-state index contributed by atoms with van der Waals surface area (Å²) in [5.74, 6) is 1.67. The molecule has 138 valence electrons. The molecule has 1 unspecified atom stereocenters. The van der Waals surface area contributed by atoms with Gasteiger partial charge in [-0.3, -0.25) is 9.36 Å². The number of nitrogen functional groups attached to an aromatic ring is 1. The lowest BCUT2D eigenvalue weighted by Crippen LogP contribution is -2.25. The number of carbonyl (C=O) groups is 1. The number of aromatic nitrogens is 6. The average Bonchev–Trinajstić information content (AvgIpc) is 3.11. The highest BCUT2D eigenvalue weighted by molar-refractivity contribution is 5.99. The minimum absolute atomic E-state index is 0.00398. The van der Waals surface area contributed by atoms with Gasteiger partial charge >= 0.3 is 0 Å². The normalized spacial score (nSPS) is 16.3. The van der Waals surface area contributed by atoms with Gasteiger partial charge in [-0.05, 0) is 13.8 Å². The molecule has 0 saturated carbocycles. The summed E-state index contributed by atoms with van der Waals surface area (Å²) in [6.07, 6.45) is 6.02. The van der Waals surface area contributed by atoms with E-state index < -0.39 is 0 Å². The number of ketones is 1. The first-order valence-corrected chi connectivity index (χ1v) is 8.55. The van der Waals surface area contributed by atoms with Crippen molar-refractivity contribution in [3.63, 3.8) is 0 Å². The lowest BCUT2D eigenvalue weighted by atomic mass is 9.84. The van der Waals surface area contributed by atoms with E-state index in [1.165, 1.54) is 0 Å². The smallest absolute Gasteiger partial charge is 0.238 e. The first-order chi connectivity index (χ1) is 13.0. The van der Waals surface area contributed by atoms with Crippen molar-refractivity contribution >= 4 is 11.7 Å². The molecule has 0 aliphatic heterocycles. The highest BCUT2D eigenvalue weighted by Gasteiger charge is 2.32. The van der Waals surface area contributed by atoms with Crippen LogP contribution in [0.1, 0.15) is 45.5 Å². The molecular formula is C18H19N7O2. The molecule has 1 aliphatic carbocycles. The summed E-state index contributed by atoms with van der Waals surface area (Å²) in [5, 5.41) is 0.